The lowest BCUT2D eigenvalue weighted by Crippen LogP contribution is -2.17. The normalized spacial score (nSPS) is 16.0. The molecule has 2 N–H and O–H groups in total. The van der Waals surface area contributed by atoms with E-state index in [0.717, 1.165) is 19.0 Å². The maximum atomic E-state index is 11.4. The van der Waals surface area contributed by atoms with Crippen molar-refractivity contribution in [2.24, 2.45) is 0 Å². The summed E-state index contributed by atoms with van der Waals surface area (Å²) in [6, 6.07) is 7.08. The van der Waals surface area contributed by atoms with E-state index in [1.54, 1.807) is 24.3 Å². The summed E-state index contributed by atoms with van der Waals surface area (Å²) in [5.74, 6) is -0.212. The Hall–Kier alpha value is -1.50. The summed E-state index contributed by atoms with van der Waals surface area (Å²) in [6.45, 7) is 0. The molecule has 18 heavy (non-hydrogen) atoms. The molecule has 1 amide bonds. The minimum absolute atomic E-state index is 0.212. The van der Waals surface area contributed by atoms with Gasteiger partial charge in [-0.1, -0.05) is 48.2 Å². The third kappa shape index (κ3) is 3.49. The van der Waals surface area contributed by atoms with Crippen molar-refractivity contribution in [1.29, 1.82) is 0 Å². The van der Waals surface area contributed by atoms with Crippen LogP contribution in [0.4, 0.5) is 0 Å². The minimum atomic E-state index is -0.212. The number of amides is 1. The van der Waals surface area contributed by atoms with Crippen LogP contribution in [0, 0.1) is 0 Å². The standard InChI is InChI=1S/C11H7NO2S2.CH4O/c13-6-8-4-2-1-3-7(8)5-9-10(14)12-11(15)16-9;1-2/h1-6H,(H,12,14,15);2H,1H3/b9-5-;. The van der Waals surface area contributed by atoms with E-state index in [-0.39, 0.29) is 5.91 Å². The van der Waals surface area contributed by atoms with E-state index in [9.17, 15) is 9.59 Å². The summed E-state index contributed by atoms with van der Waals surface area (Å²) in [4.78, 5) is 22.7. The number of hydrogen-bond acceptors (Lipinski definition) is 5. The fourth-order valence-electron chi connectivity index (χ4n) is 1.31. The van der Waals surface area contributed by atoms with Gasteiger partial charge in [0.2, 0.25) is 0 Å². The molecule has 0 radical (unpaired) electrons. The van der Waals surface area contributed by atoms with Gasteiger partial charge in [-0.05, 0) is 11.6 Å². The summed E-state index contributed by atoms with van der Waals surface area (Å²) < 4.78 is 0.444. The van der Waals surface area contributed by atoms with Crippen molar-refractivity contribution in [3.63, 3.8) is 0 Å². The van der Waals surface area contributed by atoms with Crippen molar-refractivity contribution in [2.75, 3.05) is 7.11 Å². The molecule has 1 heterocycles. The van der Waals surface area contributed by atoms with E-state index < -0.39 is 0 Å². The molecule has 6 heteroatoms. The van der Waals surface area contributed by atoms with Crippen LogP contribution in [0.1, 0.15) is 15.9 Å². The van der Waals surface area contributed by atoms with Crippen molar-refractivity contribution in [3.8, 4) is 0 Å². The second kappa shape index (κ2) is 7.05. The van der Waals surface area contributed by atoms with E-state index in [0.29, 0.717) is 14.8 Å². The fourth-order valence-corrected chi connectivity index (χ4v) is 2.35. The molecular weight excluding hydrogens is 270 g/mol. The summed E-state index contributed by atoms with van der Waals surface area (Å²) in [7, 11) is 1.00. The van der Waals surface area contributed by atoms with Gasteiger partial charge in [-0.2, -0.15) is 0 Å². The number of aliphatic hydroxyl groups is 1. The molecule has 1 aromatic rings. The number of rotatable bonds is 2. The quantitative estimate of drug-likeness (QED) is 0.489. The Kier molecular flexibility index (Phi) is 5.70. The van der Waals surface area contributed by atoms with Crippen LogP contribution >= 0.6 is 24.0 Å². The maximum Gasteiger partial charge on any atom is 0.263 e. The highest BCUT2D eigenvalue weighted by Crippen LogP contribution is 2.26. The molecule has 4 nitrogen and oxygen atoms in total. The summed E-state index contributed by atoms with van der Waals surface area (Å²) in [5.41, 5.74) is 1.28. The van der Waals surface area contributed by atoms with Crippen molar-refractivity contribution in [3.05, 3.63) is 40.3 Å². The number of aliphatic hydroxyl groups excluding tert-OH is 1. The number of carbonyl (C=O) groups is 2. The molecule has 0 aliphatic carbocycles. The topological polar surface area (TPSA) is 66.4 Å². The molecule has 1 saturated heterocycles. The van der Waals surface area contributed by atoms with Crippen molar-refractivity contribution in [2.45, 2.75) is 0 Å². The van der Waals surface area contributed by atoms with Gasteiger partial charge in [0.1, 0.15) is 4.32 Å². The number of hydrogen-bond donors (Lipinski definition) is 2. The van der Waals surface area contributed by atoms with Gasteiger partial charge < -0.3 is 10.4 Å². The van der Waals surface area contributed by atoms with E-state index in [2.05, 4.69) is 5.32 Å². The lowest BCUT2D eigenvalue weighted by molar-refractivity contribution is -0.115. The highest BCUT2D eigenvalue weighted by atomic mass is 32.2. The molecule has 0 saturated carbocycles. The number of benzene rings is 1. The first-order valence-electron chi connectivity index (χ1n) is 4.94. The highest BCUT2D eigenvalue weighted by molar-refractivity contribution is 8.26. The van der Waals surface area contributed by atoms with Gasteiger partial charge in [0.15, 0.2) is 6.29 Å². The Labute approximate surface area is 114 Å². The van der Waals surface area contributed by atoms with Crippen LogP contribution in [-0.2, 0) is 4.79 Å². The van der Waals surface area contributed by atoms with Gasteiger partial charge in [-0.15, -0.1) is 0 Å². The monoisotopic (exact) mass is 281 g/mol. The van der Waals surface area contributed by atoms with Crippen molar-refractivity contribution < 1.29 is 14.7 Å². The minimum Gasteiger partial charge on any atom is -0.400 e. The molecule has 1 fully saturated rings. The second-order valence-corrected chi connectivity index (χ2v) is 4.82. The highest BCUT2D eigenvalue weighted by Gasteiger charge is 2.22. The predicted molar refractivity (Wildman–Crippen MR) is 76.3 cm³/mol. The van der Waals surface area contributed by atoms with Gasteiger partial charge in [0.25, 0.3) is 5.91 Å². The van der Waals surface area contributed by atoms with Gasteiger partial charge >= 0.3 is 0 Å². The summed E-state index contributed by atoms with van der Waals surface area (Å²) >= 11 is 6.07. The first-order chi connectivity index (χ1) is 8.70. The number of aldehydes is 1. The maximum absolute atomic E-state index is 11.4. The largest absolute Gasteiger partial charge is 0.400 e. The first-order valence-corrected chi connectivity index (χ1v) is 6.17. The number of carbonyl (C=O) groups excluding carboxylic acids is 2. The smallest absolute Gasteiger partial charge is 0.263 e. The molecule has 0 atom stereocenters. The molecule has 1 aromatic carbocycles. The zero-order valence-corrected chi connectivity index (χ0v) is 11.2. The van der Waals surface area contributed by atoms with Crippen LogP contribution in [0.15, 0.2) is 29.2 Å². The SMILES string of the molecule is CO.O=Cc1ccccc1/C=C1\SC(=S)NC1=O. The van der Waals surface area contributed by atoms with Crippen molar-refractivity contribution in [1.82, 2.24) is 5.32 Å². The van der Waals surface area contributed by atoms with E-state index in [1.165, 1.54) is 11.8 Å². The zero-order valence-electron chi connectivity index (χ0n) is 9.54. The van der Waals surface area contributed by atoms with Crippen LogP contribution in [0.25, 0.3) is 6.08 Å². The lowest BCUT2D eigenvalue weighted by atomic mass is 10.1. The Bertz CT molecular complexity index is 512. The predicted octanol–water partition coefficient (Wildman–Crippen LogP) is 1.60. The molecule has 94 valence electrons. The molecule has 0 aromatic heterocycles. The van der Waals surface area contributed by atoms with Gasteiger partial charge in [-0.25, -0.2) is 0 Å². The Balaban J connectivity index is 0.000000771. The fraction of sp³-hybridized carbons (Fsp3) is 0.0833. The average molecular weight is 281 g/mol. The molecule has 0 bridgehead atoms. The first kappa shape index (κ1) is 14.6. The van der Waals surface area contributed by atoms with Gasteiger partial charge in [0.05, 0.1) is 4.91 Å². The molecule has 0 spiro atoms. The van der Waals surface area contributed by atoms with Crippen LogP contribution in [0.3, 0.4) is 0 Å². The van der Waals surface area contributed by atoms with Crippen LogP contribution in [0.2, 0.25) is 0 Å². The molecule has 0 unspecified atom stereocenters. The molecular formula is C12H11NO3S2. The van der Waals surface area contributed by atoms with E-state index in [1.807, 2.05) is 6.07 Å². The van der Waals surface area contributed by atoms with Crippen molar-refractivity contribution >= 4 is 46.6 Å². The van der Waals surface area contributed by atoms with Crippen LogP contribution in [-0.4, -0.2) is 28.7 Å². The Morgan fingerprint density at radius 3 is 2.39 bits per heavy atom. The third-order valence-electron chi connectivity index (χ3n) is 2.05. The average Bonchev–Trinajstić information content (AvgIpc) is 2.71. The molecule has 1 aliphatic rings. The lowest BCUT2D eigenvalue weighted by Gasteiger charge is -1.98. The number of thioether (sulfide) groups is 1. The molecule has 1 aliphatic heterocycles. The van der Waals surface area contributed by atoms with E-state index >= 15 is 0 Å². The number of thiocarbonyl (C=S) groups is 1. The van der Waals surface area contributed by atoms with Gasteiger partial charge in [0, 0.05) is 12.7 Å². The van der Waals surface area contributed by atoms with E-state index in [4.69, 9.17) is 17.3 Å². The summed E-state index contributed by atoms with van der Waals surface area (Å²) in [5, 5.41) is 9.52. The Morgan fingerprint density at radius 1 is 1.28 bits per heavy atom. The van der Waals surface area contributed by atoms with Gasteiger partial charge in [-0.3, -0.25) is 9.59 Å². The second-order valence-electron chi connectivity index (χ2n) is 3.10. The van der Waals surface area contributed by atoms with Crippen LogP contribution < -0.4 is 5.32 Å². The Morgan fingerprint density at radius 2 is 1.89 bits per heavy atom. The van der Waals surface area contributed by atoms with Crippen LogP contribution in [0.5, 0.6) is 0 Å². The summed E-state index contributed by atoms with van der Waals surface area (Å²) in [6.07, 6.45) is 2.44. The third-order valence-corrected chi connectivity index (χ3v) is 3.21. The zero-order chi connectivity index (χ0) is 13.5. The number of nitrogens with one attached hydrogen (secondary N) is 1. The molecule has 2 rings (SSSR count).